The molecule has 256 valence electrons. The molecular formula is C38H75NO4. The molecule has 0 heterocycles. The van der Waals surface area contributed by atoms with Crippen LogP contribution in [-0.4, -0.2) is 46.1 Å². The first-order valence-corrected chi connectivity index (χ1v) is 18.9. The molecule has 5 heteroatoms. The Morgan fingerprint density at radius 3 is 1.42 bits per heavy atom. The molecule has 1 amide bonds. The Balaban J connectivity index is 3.70. The molecule has 0 rings (SSSR count). The van der Waals surface area contributed by atoms with Gasteiger partial charge in [0, 0.05) is 0 Å². The largest absolute Gasteiger partial charge is 0.394 e. The van der Waals surface area contributed by atoms with Crippen molar-refractivity contribution in [2.24, 2.45) is 5.92 Å². The van der Waals surface area contributed by atoms with Crippen molar-refractivity contribution in [3.63, 3.8) is 0 Å². The Hall–Kier alpha value is -0.910. The molecule has 0 saturated carbocycles. The topological polar surface area (TPSA) is 89.8 Å². The van der Waals surface area contributed by atoms with Crippen LogP contribution in [0.15, 0.2) is 12.2 Å². The second-order valence-corrected chi connectivity index (χ2v) is 13.6. The van der Waals surface area contributed by atoms with Crippen LogP contribution in [0, 0.1) is 5.92 Å². The number of aliphatic hydroxyl groups is 3. The lowest BCUT2D eigenvalue weighted by molar-refractivity contribution is -0.131. The highest BCUT2D eigenvalue weighted by atomic mass is 16.3. The minimum absolute atomic E-state index is 0.361. The molecule has 0 aromatic rings. The standard InChI is InChI=1S/C38H75NO4/c1-4-5-6-7-8-9-10-11-12-13-14-15-16-19-23-26-29-32-37(42)38(43)39-35(33-40)36(41)31-28-25-22-20-17-18-21-24-27-30-34(2)3/h28,31,34-37,40-42H,4-27,29-30,32-33H2,1-3H3,(H,39,43)/b31-28+/t35-,36+,37+/m0/s1. The average Bonchev–Trinajstić information content (AvgIpc) is 2.99. The first kappa shape index (κ1) is 42.1. The molecule has 3 atom stereocenters. The molecule has 0 aliphatic rings. The van der Waals surface area contributed by atoms with Crippen LogP contribution in [0.3, 0.4) is 0 Å². The van der Waals surface area contributed by atoms with Crippen molar-refractivity contribution >= 4 is 5.91 Å². The highest BCUT2D eigenvalue weighted by molar-refractivity contribution is 5.80. The van der Waals surface area contributed by atoms with Gasteiger partial charge in [0.15, 0.2) is 0 Å². The monoisotopic (exact) mass is 610 g/mol. The van der Waals surface area contributed by atoms with Crippen LogP contribution in [-0.2, 0) is 4.79 Å². The lowest BCUT2D eigenvalue weighted by Gasteiger charge is -2.21. The van der Waals surface area contributed by atoms with Gasteiger partial charge in [-0.3, -0.25) is 4.79 Å². The van der Waals surface area contributed by atoms with E-state index in [0.29, 0.717) is 6.42 Å². The first-order valence-electron chi connectivity index (χ1n) is 18.9. The summed E-state index contributed by atoms with van der Waals surface area (Å²) in [5.74, 6) is 0.306. The molecule has 43 heavy (non-hydrogen) atoms. The second-order valence-electron chi connectivity index (χ2n) is 13.6. The van der Waals surface area contributed by atoms with Gasteiger partial charge in [0.1, 0.15) is 6.10 Å². The van der Waals surface area contributed by atoms with Gasteiger partial charge in [-0.25, -0.2) is 0 Å². The number of amides is 1. The average molecular weight is 610 g/mol. The van der Waals surface area contributed by atoms with Crippen LogP contribution < -0.4 is 5.32 Å². The molecule has 4 N–H and O–H groups in total. The maximum Gasteiger partial charge on any atom is 0.249 e. The summed E-state index contributed by atoms with van der Waals surface area (Å²) in [6.07, 6.45) is 35.2. The van der Waals surface area contributed by atoms with Crippen LogP contribution in [0.25, 0.3) is 0 Å². The third kappa shape index (κ3) is 29.6. The molecule has 5 nitrogen and oxygen atoms in total. The normalized spacial score (nSPS) is 14.0. The smallest absolute Gasteiger partial charge is 0.249 e. The fourth-order valence-electron chi connectivity index (χ4n) is 5.78. The Kier molecular flexibility index (Phi) is 31.8. The van der Waals surface area contributed by atoms with Crippen LogP contribution in [0.2, 0.25) is 0 Å². The van der Waals surface area contributed by atoms with Gasteiger partial charge >= 0.3 is 0 Å². The summed E-state index contributed by atoms with van der Waals surface area (Å²) in [5.41, 5.74) is 0. The molecule has 0 bridgehead atoms. The number of hydrogen-bond donors (Lipinski definition) is 4. The van der Waals surface area contributed by atoms with E-state index < -0.39 is 24.2 Å². The lowest BCUT2D eigenvalue weighted by atomic mass is 10.0. The van der Waals surface area contributed by atoms with Crippen molar-refractivity contribution in [1.82, 2.24) is 5.32 Å². The van der Waals surface area contributed by atoms with E-state index in [1.54, 1.807) is 6.08 Å². The summed E-state index contributed by atoms with van der Waals surface area (Å²) in [5, 5.41) is 32.9. The maximum absolute atomic E-state index is 12.4. The van der Waals surface area contributed by atoms with Crippen LogP contribution in [0.1, 0.15) is 194 Å². The van der Waals surface area contributed by atoms with Gasteiger partial charge in [0.25, 0.3) is 0 Å². The summed E-state index contributed by atoms with van der Waals surface area (Å²) in [4.78, 5) is 12.4. The molecule has 0 spiro atoms. The SMILES string of the molecule is CCCCCCCCCCCCCCCCCCC[C@@H](O)C(=O)N[C@@H](CO)[C@H](O)/C=C/CCCCCCCCCC(C)C. The van der Waals surface area contributed by atoms with E-state index in [-0.39, 0.29) is 6.61 Å². The zero-order chi connectivity index (χ0) is 31.8. The number of nitrogens with one attached hydrogen (secondary N) is 1. The predicted molar refractivity (Wildman–Crippen MR) is 185 cm³/mol. The predicted octanol–water partition coefficient (Wildman–Crippen LogP) is 9.95. The molecule has 0 aromatic carbocycles. The van der Waals surface area contributed by atoms with Gasteiger partial charge in [0.2, 0.25) is 5.91 Å². The van der Waals surface area contributed by atoms with E-state index in [4.69, 9.17) is 0 Å². The van der Waals surface area contributed by atoms with Crippen molar-refractivity contribution in [2.75, 3.05) is 6.61 Å². The number of unbranched alkanes of at least 4 members (excludes halogenated alkanes) is 23. The summed E-state index contributed by atoms with van der Waals surface area (Å²) < 4.78 is 0. The summed E-state index contributed by atoms with van der Waals surface area (Å²) in [7, 11) is 0. The minimum atomic E-state index is -1.09. The fraction of sp³-hybridized carbons (Fsp3) is 0.921. The first-order chi connectivity index (χ1) is 20.9. The molecule has 0 saturated heterocycles. The van der Waals surface area contributed by atoms with Crippen molar-refractivity contribution in [1.29, 1.82) is 0 Å². The van der Waals surface area contributed by atoms with Crippen LogP contribution in [0.5, 0.6) is 0 Å². The molecule has 0 aliphatic carbocycles. The second kappa shape index (κ2) is 32.5. The number of aliphatic hydroxyl groups excluding tert-OH is 3. The van der Waals surface area contributed by atoms with E-state index in [1.165, 1.54) is 135 Å². The summed E-state index contributed by atoms with van der Waals surface area (Å²) >= 11 is 0. The summed E-state index contributed by atoms with van der Waals surface area (Å²) in [6, 6.07) is -0.792. The van der Waals surface area contributed by atoms with Gasteiger partial charge < -0.3 is 20.6 Å². The summed E-state index contributed by atoms with van der Waals surface area (Å²) in [6.45, 7) is 6.48. The third-order valence-corrected chi connectivity index (χ3v) is 8.81. The lowest BCUT2D eigenvalue weighted by Crippen LogP contribution is -2.48. The van der Waals surface area contributed by atoms with E-state index in [1.807, 2.05) is 6.08 Å². The number of hydrogen-bond acceptors (Lipinski definition) is 4. The third-order valence-electron chi connectivity index (χ3n) is 8.81. The number of allylic oxidation sites excluding steroid dienone is 1. The van der Waals surface area contributed by atoms with Crippen LogP contribution in [0.4, 0.5) is 0 Å². The van der Waals surface area contributed by atoms with E-state index in [0.717, 1.165) is 38.0 Å². The molecule has 0 aliphatic heterocycles. The van der Waals surface area contributed by atoms with E-state index >= 15 is 0 Å². The van der Waals surface area contributed by atoms with Gasteiger partial charge in [-0.1, -0.05) is 187 Å². The van der Waals surface area contributed by atoms with Gasteiger partial charge in [-0.2, -0.15) is 0 Å². The van der Waals surface area contributed by atoms with Crippen molar-refractivity contribution in [3.8, 4) is 0 Å². The molecule has 0 aromatic heterocycles. The highest BCUT2D eigenvalue weighted by Gasteiger charge is 2.22. The van der Waals surface area contributed by atoms with E-state index in [9.17, 15) is 20.1 Å². The number of rotatable bonds is 33. The maximum atomic E-state index is 12.4. The van der Waals surface area contributed by atoms with Crippen molar-refractivity contribution in [2.45, 2.75) is 212 Å². The Morgan fingerprint density at radius 2 is 1.00 bits per heavy atom. The Bertz CT molecular complexity index is 609. The molecule has 0 unspecified atom stereocenters. The highest BCUT2D eigenvalue weighted by Crippen LogP contribution is 2.15. The van der Waals surface area contributed by atoms with Crippen molar-refractivity contribution < 1.29 is 20.1 Å². The van der Waals surface area contributed by atoms with E-state index in [2.05, 4.69) is 26.1 Å². The minimum Gasteiger partial charge on any atom is -0.394 e. The van der Waals surface area contributed by atoms with Gasteiger partial charge in [0.05, 0.1) is 18.8 Å². The Morgan fingerprint density at radius 1 is 0.605 bits per heavy atom. The molecular weight excluding hydrogens is 534 g/mol. The zero-order valence-corrected chi connectivity index (χ0v) is 29.0. The van der Waals surface area contributed by atoms with Crippen molar-refractivity contribution in [3.05, 3.63) is 12.2 Å². The van der Waals surface area contributed by atoms with Crippen LogP contribution >= 0.6 is 0 Å². The quantitative estimate of drug-likeness (QED) is 0.0440. The molecule has 0 radical (unpaired) electrons. The zero-order valence-electron chi connectivity index (χ0n) is 29.0. The number of carbonyl (C=O) groups excluding carboxylic acids is 1. The Labute approximate surface area is 268 Å². The fourth-order valence-corrected chi connectivity index (χ4v) is 5.78. The molecule has 0 fully saturated rings. The number of carbonyl (C=O) groups is 1. The van der Waals surface area contributed by atoms with Gasteiger partial charge in [-0.15, -0.1) is 0 Å². The van der Waals surface area contributed by atoms with Gasteiger partial charge in [-0.05, 0) is 25.2 Å².